The fourth-order valence-corrected chi connectivity index (χ4v) is 2.78. The van der Waals surface area contributed by atoms with E-state index < -0.39 is 11.9 Å². The van der Waals surface area contributed by atoms with E-state index in [0.29, 0.717) is 17.1 Å². The summed E-state index contributed by atoms with van der Waals surface area (Å²) >= 11 is 0. The maximum absolute atomic E-state index is 11.8. The predicted octanol–water partition coefficient (Wildman–Crippen LogP) is 3.51. The third-order valence-corrected chi connectivity index (χ3v) is 3.87. The smallest absolute Gasteiger partial charge is 0.336 e. The van der Waals surface area contributed by atoms with Crippen LogP contribution in [0, 0.1) is 0 Å². The van der Waals surface area contributed by atoms with E-state index in [4.69, 9.17) is 9.47 Å². The van der Waals surface area contributed by atoms with Gasteiger partial charge in [0, 0.05) is 17.9 Å². The number of hydrogen-bond acceptors (Lipinski definition) is 4. The summed E-state index contributed by atoms with van der Waals surface area (Å²) in [6, 6.07) is 12.1. The summed E-state index contributed by atoms with van der Waals surface area (Å²) in [7, 11) is 3.06. The molecule has 0 aromatic heterocycles. The standard InChI is InChI=1S/C19H20O5/c1-12(20)11-16(13-7-9-14(23-2)10-8-13)18-15(19(21)22)5-4-6-17(18)24-3/h4-10,16H,11H2,1-3H3,(H,21,22). The molecule has 0 amide bonds. The molecule has 1 unspecified atom stereocenters. The van der Waals surface area contributed by atoms with Crippen molar-refractivity contribution in [1.82, 2.24) is 0 Å². The van der Waals surface area contributed by atoms with Crippen LogP contribution >= 0.6 is 0 Å². The molecule has 2 aromatic rings. The van der Waals surface area contributed by atoms with Crippen LogP contribution in [0.3, 0.4) is 0 Å². The number of ether oxygens (including phenoxy) is 2. The molecule has 0 aliphatic carbocycles. The van der Waals surface area contributed by atoms with Crippen LogP contribution in [0.1, 0.15) is 40.7 Å². The lowest BCUT2D eigenvalue weighted by Gasteiger charge is -2.21. The molecule has 1 atom stereocenters. The van der Waals surface area contributed by atoms with Crippen molar-refractivity contribution in [3.8, 4) is 11.5 Å². The predicted molar refractivity (Wildman–Crippen MR) is 90.1 cm³/mol. The molecule has 5 heteroatoms. The first-order valence-electron chi connectivity index (χ1n) is 7.51. The van der Waals surface area contributed by atoms with Crippen LogP contribution in [-0.4, -0.2) is 31.1 Å². The zero-order valence-electron chi connectivity index (χ0n) is 13.9. The number of carboxylic acid groups (broad SMARTS) is 1. The SMILES string of the molecule is COc1ccc(C(CC(C)=O)c2c(OC)cccc2C(=O)O)cc1. The Kier molecular flexibility index (Phi) is 5.58. The maximum atomic E-state index is 11.8. The third-order valence-electron chi connectivity index (χ3n) is 3.87. The summed E-state index contributed by atoms with van der Waals surface area (Å²) in [6.45, 7) is 1.49. The Morgan fingerprint density at radius 3 is 2.21 bits per heavy atom. The molecular weight excluding hydrogens is 308 g/mol. The van der Waals surface area contributed by atoms with Gasteiger partial charge in [0.25, 0.3) is 0 Å². The molecule has 0 saturated heterocycles. The van der Waals surface area contributed by atoms with Crippen LogP contribution < -0.4 is 9.47 Å². The van der Waals surface area contributed by atoms with E-state index in [1.807, 2.05) is 12.1 Å². The topological polar surface area (TPSA) is 72.8 Å². The minimum absolute atomic E-state index is 0.0296. The van der Waals surface area contributed by atoms with Crippen molar-refractivity contribution in [1.29, 1.82) is 0 Å². The van der Waals surface area contributed by atoms with Gasteiger partial charge in [-0.05, 0) is 36.8 Å². The van der Waals surface area contributed by atoms with Crippen LogP contribution in [0.4, 0.5) is 0 Å². The van der Waals surface area contributed by atoms with E-state index in [2.05, 4.69) is 0 Å². The van der Waals surface area contributed by atoms with Gasteiger partial charge in [0.1, 0.15) is 17.3 Å². The monoisotopic (exact) mass is 328 g/mol. The molecule has 0 aliphatic rings. The van der Waals surface area contributed by atoms with E-state index in [0.717, 1.165) is 5.56 Å². The summed E-state index contributed by atoms with van der Waals surface area (Å²) in [5, 5.41) is 9.54. The van der Waals surface area contributed by atoms with Gasteiger partial charge in [-0.2, -0.15) is 0 Å². The molecule has 0 spiro atoms. The first kappa shape index (κ1) is 17.5. The molecule has 0 saturated carbocycles. The van der Waals surface area contributed by atoms with E-state index in [-0.39, 0.29) is 17.8 Å². The highest BCUT2D eigenvalue weighted by Crippen LogP contribution is 2.37. The lowest BCUT2D eigenvalue weighted by Crippen LogP contribution is -2.13. The van der Waals surface area contributed by atoms with Gasteiger partial charge in [-0.1, -0.05) is 18.2 Å². The second kappa shape index (κ2) is 7.64. The molecule has 0 fully saturated rings. The number of rotatable bonds is 7. The Bertz CT molecular complexity index is 734. The van der Waals surface area contributed by atoms with Crippen LogP contribution in [0.2, 0.25) is 0 Å². The summed E-state index contributed by atoms with van der Waals surface area (Å²) in [4.78, 5) is 23.4. The van der Waals surface area contributed by atoms with Crippen molar-refractivity contribution in [3.63, 3.8) is 0 Å². The van der Waals surface area contributed by atoms with Crippen LogP contribution in [-0.2, 0) is 4.79 Å². The van der Waals surface area contributed by atoms with Crippen molar-refractivity contribution in [2.45, 2.75) is 19.3 Å². The minimum Gasteiger partial charge on any atom is -0.497 e. The number of hydrogen-bond donors (Lipinski definition) is 1. The summed E-state index contributed by atoms with van der Waals surface area (Å²) < 4.78 is 10.5. The highest BCUT2D eigenvalue weighted by molar-refractivity contribution is 5.91. The van der Waals surface area contributed by atoms with Gasteiger partial charge in [-0.15, -0.1) is 0 Å². The number of ketones is 1. The Labute approximate surface area is 140 Å². The summed E-state index contributed by atoms with van der Waals surface area (Å²) in [6.07, 6.45) is 0.187. The Morgan fingerprint density at radius 1 is 1.04 bits per heavy atom. The Balaban J connectivity index is 2.63. The molecule has 0 radical (unpaired) electrons. The number of carboxylic acids is 1. The summed E-state index contributed by atoms with van der Waals surface area (Å²) in [5.41, 5.74) is 1.47. The zero-order valence-corrected chi connectivity index (χ0v) is 13.9. The molecule has 5 nitrogen and oxygen atoms in total. The second-order valence-electron chi connectivity index (χ2n) is 5.46. The van der Waals surface area contributed by atoms with Crippen molar-refractivity contribution < 1.29 is 24.2 Å². The number of aromatic carboxylic acids is 1. The van der Waals surface area contributed by atoms with Gasteiger partial charge in [0.15, 0.2) is 0 Å². The largest absolute Gasteiger partial charge is 0.497 e. The highest BCUT2D eigenvalue weighted by atomic mass is 16.5. The van der Waals surface area contributed by atoms with Crippen LogP contribution in [0.15, 0.2) is 42.5 Å². The minimum atomic E-state index is -1.05. The lowest BCUT2D eigenvalue weighted by molar-refractivity contribution is -0.117. The molecule has 0 aliphatic heterocycles. The summed E-state index contributed by atoms with van der Waals surface area (Å²) in [5.74, 6) is -0.338. The lowest BCUT2D eigenvalue weighted by atomic mass is 9.84. The van der Waals surface area contributed by atoms with Gasteiger partial charge in [-0.3, -0.25) is 4.79 Å². The molecule has 0 heterocycles. The van der Waals surface area contributed by atoms with Gasteiger partial charge >= 0.3 is 5.97 Å². The number of benzene rings is 2. The van der Waals surface area contributed by atoms with Crippen molar-refractivity contribution >= 4 is 11.8 Å². The fourth-order valence-electron chi connectivity index (χ4n) is 2.78. The van der Waals surface area contributed by atoms with E-state index >= 15 is 0 Å². The third kappa shape index (κ3) is 3.74. The number of carbonyl (C=O) groups excluding carboxylic acids is 1. The second-order valence-corrected chi connectivity index (χ2v) is 5.46. The highest BCUT2D eigenvalue weighted by Gasteiger charge is 2.26. The average Bonchev–Trinajstić information content (AvgIpc) is 2.59. The number of carbonyl (C=O) groups is 2. The molecule has 24 heavy (non-hydrogen) atoms. The normalized spacial score (nSPS) is 11.6. The molecule has 126 valence electrons. The average molecular weight is 328 g/mol. The van der Waals surface area contributed by atoms with Gasteiger partial charge < -0.3 is 14.6 Å². The van der Waals surface area contributed by atoms with E-state index in [9.17, 15) is 14.7 Å². The number of Topliss-reactive ketones (excluding diaryl/α,β-unsaturated/α-hetero) is 1. The first-order chi connectivity index (χ1) is 11.5. The van der Waals surface area contributed by atoms with Crippen molar-refractivity contribution in [3.05, 3.63) is 59.2 Å². The first-order valence-corrected chi connectivity index (χ1v) is 7.51. The van der Waals surface area contributed by atoms with Crippen molar-refractivity contribution in [2.24, 2.45) is 0 Å². The van der Waals surface area contributed by atoms with E-state index in [1.54, 1.807) is 31.4 Å². The van der Waals surface area contributed by atoms with E-state index in [1.165, 1.54) is 20.1 Å². The molecule has 1 N–H and O–H groups in total. The molecule has 0 bridgehead atoms. The van der Waals surface area contributed by atoms with Crippen LogP contribution in [0.5, 0.6) is 11.5 Å². The number of methoxy groups -OCH3 is 2. The fraction of sp³-hybridized carbons (Fsp3) is 0.263. The maximum Gasteiger partial charge on any atom is 0.336 e. The Morgan fingerprint density at radius 2 is 1.71 bits per heavy atom. The van der Waals surface area contributed by atoms with Gasteiger partial charge in [0.05, 0.1) is 19.8 Å². The molecule has 2 rings (SSSR count). The Hall–Kier alpha value is -2.82. The van der Waals surface area contributed by atoms with Crippen molar-refractivity contribution in [2.75, 3.05) is 14.2 Å². The molecule has 2 aromatic carbocycles. The van der Waals surface area contributed by atoms with Gasteiger partial charge in [-0.25, -0.2) is 4.79 Å². The van der Waals surface area contributed by atoms with Gasteiger partial charge in [0.2, 0.25) is 0 Å². The zero-order chi connectivity index (χ0) is 17.7. The molecular formula is C19H20O5. The van der Waals surface area contributed by atoms with Crippen LogP contribution in [0.25, 0.3) is 0 Å². The quantitative estimate of drug-likeness (QED) is 0.842.